The van der Waals surface area contributed by atoms with Gasteiger partial charge in [-0.2, -0.15) is 0 Å². The highest BCUT2D eigenvalue weighted by atomic mass is 16.8. The second-order valence-electron chi connectivity index (χ2n) is 13.0. The predicted octanol–water partition coefficient (Wildman–Crippen LogP) is -4.21. The lowest BCUT2D eigenvalue weighted by molar-refractivity contribution is -0.354. The van der Waals surface area contributed by atoms with Crippen molar-refractivity contribution < 1.29 is 99.2 Å². The molecule has 3 fully saturated rings. The Balaban J connectivity index is 1.48. The van der Waals surface area contributed by atoms with E-state index >= 15 is 0 Å². The fraction of sp³-hybridized carbons (Fsp3) is 0.545. The summed E-state index contributed by atoms with van der Waals surface area (Å²) in [5.74, 6) is -3.72. The molecule has 4 heterocycles. The van der Waals surface area contributed by atoms with Crippen LogP contribution >= 0.6 is 0 Å². The molecule has 0 radical (unpaired) electrons. The van der Waals surface area contributed by atoms with Crippen molar-refractivity contribution >= 4 is 11.0 Å². The molecule has 54 heavy (non-hydrogen) atoms. The molecular weight excluding hydrogens is 732 g/mol. The Bertz CT molecular complexity index is 1850. The van der Waals surface area contributed by atoms with Crippen LogP contribution in [0.5, 0.6) is 28.7 Å². The summed E-state index contributed by atoms with van der Waals surface area (Å²) >= 11 is 0. The molecule has 3 aliphatic rings. The van der Waals surface area contributed by atoms with Gasteiger partial charge in [-0.3, -0.25) is 4.79 Å². The first-order valence-corrected chi connectivity index (χ1v) is 16.5. The van der Waals surface area contributed by atoms with Crippen molar-refractivity contribution in [2.24, 2.45) is 0 Å². The third-order valence-corrected chi connectivity index (χ3v) is 9.39. The lowest BCUT2D eigenvalue weighted by Crippen LogP contribution is -2.64. The maximum atomic E-state index is 14.5. The van der Waals surface area contributed by atoms with Gasteiger partial charge >= 0.3 is 0 Å². The van der Waals surface area contributed by atoms with Gasteiger partial charge in [0, 0.05) is 17.7 Å². The number of aliphatic hydroxyl groups is 10. The van der Waals surface area contributed by atoms with E-state index in [0.717, 1.165) is 24.3 Å². The number of benzene rings is 2. The zero-order valence-electron chi connectivity index (χ0n) is 28.0. The molecule has 15 unspecified atom stereocenters. The van der Waals surface area contributed by atoms with Crippen molar-refractivity contribution in [3.63, 3.8) is 0 Å². The maximum Gasteiger partial charge on any atom is 0.239 e. The van der Waals surface area contributed by atoms with Crippen LogP contribution in [-0.4, -0.2) is 172 Å². The number of hydrogen-bond donors (Lipinski definition) is 13. The van der Waals surface area contributed by atoms with Crippen molar-refractivity contribution in [1.29, 1.82) is 0 Å². The minimum absolute atomic E-state index is 0.136. The molecule has 0 aliphatic carbocycles. The first kappa shape index (κ1) is 39.8. The van der Waals surface area contributed by atoms with Gasteiger partial charge in [0.2, 0.25) is 23.8 Å². The van der Waals surface area contributed by atoms with E-state index in [1.54, 1.807) is 0 Å². The summed E-state index contributed by atoms with van der Waals surface area (Å²) in [6, 6.07) is 5.04. The summed E-state index contributed by atoms with van der Waals surface area (Å²) in [5.41, 5.74) is -1.71. The SMILES string of the molecule is CC1OC(OC2C(Oc3c(-c4ccc(O)c(O)c4)oc4cc(O)cc(OC5OC(CO)C(O)C(O)C5O)c4c3=O)OC(CO)C(O)C2O)C(O)C(O)C1O. The number of aliphatic hydroxyl groups excluding tert-OH is 10. The van der Waals surface area contributed by atoms with E-state index in [1.165, 1.54) is 13.0 Å². The maximum absolute atomic E-state index is 14.5. The van der Waals surface area contributed by atoms with Gasteiger partial charge in [0.25, 0.3) is 0 Å². The Morgan fingerprint density at radius 1 is 0.648 bits per heavy atom. The normalized spacial score (nSPS) is 37.3. The van der Waals surface area contributed by atoms with E-state index in [4.69, 9.17) is 32.8 Å². The van der Waals surface area contributed by atoms with E-state index in [1.807, 2.05) is 0 Å². The summed E-state index contributed by atoms with van der Waals surface area (Å²) in [6.07, 6.45) is -26.5. The third-order valence-electron chi connectivity index (χ3n) is 9.39. The Morgan fingerprint density at radius 3 is 1.91 bits per heavy atom. The molecule has 3 aromatic rings. The Labute approximate surface area is 303 Å². The van der Waals surface area contributed by atoms with Crippen LogP contribution in [-0.2, 0) is 18.9 Å². The highest BCUT2D eigenvalue weighted by Gasteiger charge is 2.51. The quantitative estimate of drug-likeness (QED) is 0.0917. The van der Waals surface area contributed by atoms with Crippen LogP contribution in [0.4, 0.5) is 0 Å². The van der Waals surface area contributed by atoms with Crippen LogP contribution in [0.2, 0.25) is 0 Å². The monoisotopic (exact) mass is 772 g/mol. The smallest absolute Gasteiger partial charge is 0.239 e. The summed E-state index contributed by atoms with van der Waals surface area (Å²) in [4.78, 5) is 14.5. The van der Waals surface area contributed by atoms with Gasteiger partial charge in [-0.25, -0.2) is 0 Å². The Kier molecular flexibility index (Phi) is 11.5. The van der Waals surface area contributed by atoms with Gasteiger partial charge in [0.05, 0.1) is 19.3 Å². The van der Waals surface area contributed by atoms with Crippen LogP contribution in [0, 0.1) is 0 Å². The van der Waals surface area contributed by atoms with Gasteiger partial charge in [0.15, 0.2) is 29.7 Å². The molecule has 298 valence electrons. The number of aromatic hydroxyl groups is 3. The molecule has 2 aromatic carbocycles. The second kappa shape index (κ2) is 15.7. The number of phenols is 3. The lowest BCUT2D eigenvalue weighted by atomic mass is 9.97. The molecule has 15 atom stereocenters. The van der Waals surface area contributed by atoms with Crippen LogP contribution in [0.15, 0.2) is 39.5 Å². The number of rotatable bonds is 9. The molecule has 13 N–H and O–H groups in total. The fourth-order valence-corrected chi connectivity index (χ4v) is 6.29. The second-order valence-corrected chi connectivity index (χ2v) is 13.0. The van der Waals surface area contributed by atoms with E-state index < -0.39 is 156 Å². The van der Waals surface area contributed by atoms with Crippen LogP contribution in [0.1, 0.15) is 6.92 Å². The Hall–Kier alpha value is -3.91. The lowest BCUT2D eigenvalue weighted by Gasteiger charge is -2.45. The first-order valence-electron chi connectivity index (χ1n) is 16.5. The van der Waals surface area contributed by atoms with Crippen molar-refractivity contribution in [3.8, 4) is 40.1 Å². The van der Waals surface area contributed by atoms with Gasteiger partial charge in [-0.1, -0.05) is 0 Å². The summed E-state index contributed by atoms with van der Waals surface area (Å²) in [5, 5.41) is 134. The largest absolute Gasteiger partial charge is 0.508 e. The minimum Gasteiger partial charge on any atom is -0.508 e. The predicted molar refractivity (Wildman–Crippen MR) is 173 cm³/mol. The standard InChI is InChI=1S/C33H40O21/c1-9-19(39)23(43)26(46)31(48-9)54-30-25(45)21(41)17(8-35)52-33(30)53-29-22(42)18-14(49-28(29)10-2-3-12(37)13(38)4-10)5-11(36)6-15(18)50-32-27(47)24(44)20(40)16(7-34)51-32/h2-6,9,16-17,19-21,23-27,30-41,43-47H,7-8H2,1H3. The molecule has 21 nitrogen and oxygen atoms in total. The van der Waals surface area contributed by atoms with Gasteiger partial charge < -0.3 is 99.2 Å². The van der Waals surface area contributed by atoms with Gasteiger partial charge in [0.1, 0.15) is 83.5 Å². The van der Waals surface area contributed by atoms with Crippen molar-refractivity contribution in [3.05, 3.63) is 40.6 Å². The molecule has 21 heteroatoms. The van der Waals surface area contributed by atoms with E-state index in [0.29, 0.717) is 0 Å². The zero-order valence-corrected chi connectivity index (χ0v) is 28.0. The van der Waals surface area contributed by atoms with E-state index in [2.05, 4.69) is 0 Å². The van der Waals surface area contributed by atoms with Crippen molar-refractivity contribution in [1.82, 2.24) is 0 Å². The molecule has 6 rings (SSSR count). The van der Waals surface area contributed by atoms with Gasteiger partial charge in [-0.05, 0) is 25.1 Å². The summed E-state index contributed by atoms with van der Waals surface area (Å²) in [7, 11) is 0. The first-order chi connectivity index (χ1) is 25.6. The average Bonchev–Trinajstić information content (AvgIpc) is 3.14. The van der Waals surface area contributed by atoms with E-state index in [9.17, 15) is 71.2 Å². The van der Waals surface area contributed by atoms with Crippen molar-refractivity contribution in [2.45, 2.75) is 99.0 Å². The average molecular weight is 773 g/mol. The molecule has 3 aliphatic heterocycles. The highest BCUT2D eigenvalue weighted by Crippen LogP contribution is 2.41. The zero-order chi connectivity index (χ0) is 39.3. The molecule has 1 aromatic heterocycles. The molecule has 0 saturated carbocycles. The molecular formula is C33H40O21. The number of fused-ring (bicyclic) bond motifs is 1. The molecule has 0 bridgehead atoms. The fourth-order valence-electron chi connectivity index (χ4n) is 6.29. The molecule has 0 amide bonds. The Morgan fingerprint density at radius 2 is 1.26 bits per heavy atom. The highest BCUT2D eigenvalue weighted by molar-refractivity contribution is 5.88. The van der Waals surface area contributed by atoms with Gasteiger partial charge in [-0.15, -0.1) is 0 Å². The minimum atomic E-state index is -2.01. The van der Waals surface area contributed by atoms with Crippen LogP contribution in [0.3, 0.4) is 0 Å². The summed E-state index contributed by atoms with van der Waals surface area (Å²) < 4.78 is 40.0. The van der Waals surface area contributed by atoms with Crippen LogP contribution < -0.4 is 14.9 Å². The third kappa shape index (κ3) is 7.27. The number of phenolic OH excluding ortho intramolecular Hbond substituents is 3. The number of hydrogen-bond acceptors (Lipinski definition) is 21. The van der Waals surface area contributed by atoms with E-state index in [-0.39, 0.29) is 5.56 Å². The number of ether oxygens (including phenoxy) is 6. The topological polar surface area (TPSA) is 349 Å². The summed E-state index contributed by atoms with van der Waals surface area (Å²) in [6.45, 7) is -0.386. The molecule has 0 spiro atoms. The van der Waals surface area contributed by atoms with Crippen molar-refractivity contribution in [2.75, 3.05) is 13.2 Å². The van der Waals surface area contributed by atoms with Crippen LogP contribution in [0.25, 0.3) is 22.3 Å². The molecule has 3 saturated heterocycles.